The van der Waals surface area contributed by atoms with Gasteiger partial charge in [-0.3, -0.25) is 0 Å². The quantitative estimate of drug-likeness (QED) is 0.904. The van der Waals surface area contributed by atoms with Crippen LogP contribution in [0.1, 0.15) is 26.7 Å². The van der Waals surface area contributed by atoms with Crippen LogP contribution in [0.25, 0.3) is 0 Å². The van der Waals surface area contributed by atoms with Crippen LogP contribution in [-0.2, 0) is 6.54 Å². The predicted octanol–water partition coefficient (Wildman–Crippen LogP) is 3.88. The van der Waals surface area contributed by atoms with Crippen molar-refractivity contribution in [1.82, 2.24) is 9.55 Å². The molecule has 0 bridgehead atoms. The maximum absolute atomic E-state index is 4.41. The van der Waals surface area contributed by atoms with E-state index in [2.05, 4.69) is 57.9 Å². The van der Waals surface area contributed by atoms with E-state index in [1.54, 1.807) is 0 Å². The third-order valence-corrected chi connectivity index (χ3v) is 3.87. The van der Waals surface area contributed by atoms with Crippen LogP contribution in [0.4, 0.5) is 17.3 Å². The van der Waals surface area contributed by atoms with Crippen LogP contribution in [0, 0.1) is 5.92 Å². The van der Waals surface area contributed by atoms with Gasteiger partial charge in [0, 0.05) is 43.4 Å². The van der Waals surface area contributed by atoms with E-state index in [-0.39, 0.29) is 0 Å². The largest absolute Gasteiger partial charge is 0.372 e. The van der Waals surface area contributed by atoms with E-state index in [1.807, 2.05) is 12.4 Å². The minimum Gasteiger partial charge on any atom is -0.372 e. The van der Waals surface area contributed by atoms with E-state index in [9.17, 15) is 0 Å². The fourth-order valence-electron chi connectivity index (χ4n) is 2.83. The second kappa shape index (κ2) is 6.20. The van der Waals surface area contributed by atoms with Crippen molar-refractivity contribution in [1.29, 1.82) is 0 Å². The van der Waals surface area contributed by atoms with Gasteiger partial charge in [-0.1, -0.05) is 13.8 Å². The summed E-state index contributed by atoms with van der Waals surface area (Å²) in [5.41, 5.74) is 2.41. The number of nitrogens with one attached hydrogen (secondary N) is 1. The molecule has 2 aromatic rings. The zero-order valence-corrected chi connectivity index (χ0v) is 12.9. The van der Waals surface area contributed by atoms with Crippen LogP contribution in [0.2, 0.25) is 0 Å². The highest BCUT2D eigenvalue weighted by atomic mass is 15.2. The summed E-state index contributed by atoms with van der Waals surface area (Å²) in [6.07, 6.45) is 6.50. The van der Waals surface area contributed by atoms with Crippen LogP contribution >= 0.6 is 0 Å². The summed E-state index contributed by atoms with van der Waals surface area (Å²) < 4.78 is 2.17. The molecule has 0 radical (unpaired) electrons. The molecule has 0 amide bonds. The Hall–Kier alpha value is -1.97. The summed E-state index contributed by atoms with van der Waals surface area (Å²) in [7, 11) is 0. The van der Waals surface area contributed by atoms with Gasteiger partial charge in [-0.15, -0.1) is 0 Å². The molecule has 4 nitrogen and oxygen atoms in total. The zero-order valence-electron chi connectivity index (χ0n) is 12.9. The number of imidazole rings is 1. The molecule has 0 spiro atoms. The lowest BCUT2D eigenvalue weighted by Crippen LogP contribution is -2.17. The molecule has 21 heavy (non-hydrogen) atoms. The molecule has 3 rings (SSSR count). The summed E-state index contributed by atoms with van der Waals surface area (Å²) in [6.45, 7) is 7.79. The summed E-state index contributed by atoms with van der Waals surface area (Å²) in [6, 6.07) is 8.68. The van der Waals surface area contributed by atoms with Gasteiger partial charge in [0.2, 0.25) is 5.95 Å². The van der Waals surface area contributed by atoms with E-state index in [0.29, 0.717) is 5.92 Å². The lowest BCUT2D eigenvalue weighted by Gasteiger charge is -2.18. The number of benzene rings is 1. The van der Waals surface area contributed by atoms with Crippen molar-refractivity contribution < 1.29 is 0 Å². The van der Waals surface area contributed by atoms with Crippen molar-refractivity contribution in [2.24, 2.45) is 5.92 Å². The van der Waals surface area contributed by atoms with Crippen molar-refractivity contribution in [3.8, 4) is 0 Å². The Kier molecular flexibility index (Phi) is 4.13. The average Bonchev–Trinajstić information content (AvgIpc) is 3.12. The van der Waals surface area contributed by atoms with Gasteiger partial charge in [0.1, 0.15) is 0 Å². The van der Waals surface area contributed by atoms with Crippen molar-refractivity contribution in [3.63, 3.8) is 0 Å². The summed E-state index contributed by atoms with van der Waals surface area (Å²) >= 11 is 0. The van der Waals surface area contributed by atoms with Crippen LogP contribution in [0.15, 0.2) is 36.7 Å². The Morgan fingerprint density at radius 1 is 1.14 bits per heavy atom. The smallest absolute Gasteiger partial charge is 0.207 e. The Morgan fingerprint density at radius 3 is 2.52 bits per heavy atom. The summed E-state index contributed by atoms with van der Waals surface area (Å²) in [5.74, 6) is 1.52. The first-order valence-electron chi connectivity index (χ1n) is 7.85. The standard InChI is InChI=1S/C17H24N4/c1-14(2)13-21-12-9-18-17(21)19-15-5-7-16(8-6-15)20-10-3-4-11-20/h5-9,12,14H,3-4,10-11,13H2,1-2H3,(H,18,19). The number of nitrogens with zero attached hydrogens (tertiary/aromatic N) is 3. The normalized spacial score (nSPS) is 14.9. The minimum atomic E-state index is 0.609. The maximum Gasteiger partial charge on any atom is 0.207 e. The van der Waals surface area contributed by atoms with E-state index in [1.165, 1.54) is 31.6 Å². The number of aromatic nitrogens is 2. The molecule has 1 aromatic heterocycles. The van der Waals surface area contributed by atoms with Crippen molar-refractivity contribution in [3.05, 3.63) is 36.7 Å². The highest BCUT2D eigenvalue weighted by molar-refractivity contribution is 5.59. The Morgan fingerprint density at radius 2 is 1.86 bits per heavy atom. The van der Waals surface area contributed by atoms with Gasteiger partial charge in [0.05, 0.1) is 0 Å². The van der Waals surface area contributed by atoms with E-state index in [4.69, 9.17) is 0 Å². The second-order valence-electron chi connectivity index (χ2n) is 6.16. The lowest BCUT2D eigenvalue weighted by atomic mass is 10.2. The maximum atomic E-state index is 4.41. The van der Waals surface area contributed by atoms with Gasteiger partial charge in [0.15, 0.2) is 0 Å². The third-order valence-electron chi connectivity index (χ3n) is 3.87. The van der Waals surface area contributed by atoms with Crippen molar-refractivity contribution >= 4 is 17.3 Å². The van der Waals surface area contributed by atoms with E-state index >= 15 is 0 Å². The molecule has 0 saturated carbocycles. The van der Waals surface area contributed by atoms with Crippen LogP contribution in [0.5, 0.6) is 0 Å². The molecule has 1 aliphatic rings. The molecule has 112 valence electrons. The van der Waals surface area contributed by atoms with Gasteiger partial charge in [-0.25, -0.2) is 4.98 Å². The zero-order chi connectivity index (χ0) is 14.7. The predicted molar refractivity (Wildman–Crippen MR) is 88.2 cm³/mol. The topological polar surface area (TPSA) is 33.1 Å². The first kappa shape index (κ1) is 14.0. The van der Waals surface area contributed by atoms with E-state index in [0.717, 1.165) is 18.2 Å². The van der Waals surface area contributed by atoms with Gasteiger partial charge >= 0.3 is 0 Å². The molecule has 1 saturated heterocycles. The molecule has 2 heterocycles. The van der Waals surface area contributed by atoms with Crippen molar-refractivity contribution in [2.45, 2.75) is 33.2 Å². The number of hydrogen-bond acceptors (Lipinski definition) is 3. The first-order chi connectivity index (χ1) is 10.2. The Bertz CT molecular complexity index is 565. The number of hydrogen-bond donors (Lipinski definition) is 1. The van der Waals surface area contributed by atoms with E-state index < -0.39 is 0 Å². The van der Waals surface area contributed by atoms with Crippen LogP contribution < -0.4 is 10.2 Å². The lowest BCUT2D eigenvalue weighted by molar-refractivity contribution is 0.527. The summed E-state index contributed by atoms with van der Waals surface area (Å²) in [4.78, 5) is 6.85. The minimum absolute atomic E-state index is 0.609. The molecule has 0 unspecified atom stereocenters. The fourth-order valence-corrected chi connectivity index (χ4v) is 2.83. The molecule has 0 atom stereocenters. The molecular weight excluding hydrogens is 260 g/mol. The average molecular weight is 284 g/mol. The Labute approximate surface area is 126 Å². The highest BCUT2D eigenvalue weighted by Crippen LogP contribution is 2.23. The molecule has 4 heteroatoms. The summed E-state index contributed by atoms with van der Waals surface area (Å²) in [5, 5.41) is 3.41. The van der Waals surface area contributed by atoms with Crippen molar-refractivity contribution in [2.75, 3.05) is 23.3 Å². The second-order valence-corrected chi connectivity index (χ2v) is 6.16. The molecule has 1 aliphatic heterocycles. The fraction of sp³-hybridized carbons (Fsp3) is 0.471. The monoisotopic (exact) mass is 284 g/mol. The van der Waals surface area contributed by atoms with Crippen LogP contribution in [-0.4, -0.2) is 22.6 Å². The highest BCUT2D eigenvalue weighted by Gasteiger charge is 2.12. The van der Waals surface area contributed by atoms with Gasteiger partial charge < -0.3 is 14.8 Å². The molecule has 0 aliphatic carbocycles. The molecule has 1 aromatic carbocycles. The number of anilines is 3. The molecule has 1 N–H and O–H groups in total. The molecular formula is C17H24N4. The van der Waals surface area contributed by atoms with Crippen LogP contribution in [0.3, 0.4) is 0 Å². The van der Waals surface area contributed by atoms with Gasteiger partial charge in [0.25, 0.3) is 0 Å². The number of rotatable bonds is 5. The SMILES string of the molecule is CC(C)Cn1ccnc1Nc1ccc(N2CCCC2)cc1. The first-order valence-corrected chi connectivity index (χ1v) is 7.85. The Balaban J connectivity index is 1.69. The van der Waals surface area contributed by atoms with Gasteiger partial charge in [-0.05, 0) is 43.0 Å². The molecule has 1 fully saturated rings. The third kappa shape index (κ3) is 3.38. The van der Waals surface area contributed by atoms with Gasteiger partial charge in [-0.2, -0.15) is 0 Å².